The van der Waals surface area contributed by atoms with E-state index in [1.165, 1.54) is 5.56 Å². The van der Waals surface area contributed by atoms with E-state index in [4.69, 9.17) is 0 Å². The minimum absolute atomic E-state index is 0.482. The topological polar surface area (TPSA) is 42.0 Å². The van der Waals surface area contributed by atoms with Crippen molar-refractivity contribution in [3.8, 4) is 0 Å². The van der Waals surface area contributed by atoms with Crippen molar-refractivity contribution in [2.75, 3.05) is 11.5 Å². The van der Waals surface area contributed by atoms with Crippen LogP contribution in [0.3, 0.4) is 0 Å². The first-order chi connectivity index (χ1) is 9.74. The molecule has 3 nitrogen and oxygen atoms in total. The SMILES string of the molecule is O=S1CCC(NCc2ccc(Br)c3cccnc23)CC1. The molecule has 1 aromatic carbocycles. The van der Waals surface area contributed by atoms with Gasteiger partial charge in [-0.15, -0.1) is 0 Å². The summed E-state index contributed by atoms with van der Waals surface area (Å²) in [5.41, 5.74) is 2.27. The first-order valence-corrected chi connectivity index (χ1v) is 9.12. The molecule has 1 aliphatic heterocycles. The fraction of sp³-hybridized carbons (Fsp3) is 0.400. The molecule has 5 heteroatoms. The predicted molar refractivity (Wildman–Crippen MR) is 87.2 cm³/mol. The number of hydrogen-bond acceptors (Lipinski definition) is 3. The molecule has 0 bridgehead atoms. The lowest BCUT2D eigenvalue weighted by Gasteiger charge is -2.22. The average Bonchev–Trinajstić information content (AvgIpc) is 2.49. The molecule has 1 fully saturated rings. The van der Waals surface area contributed by atoms with E-state index in [1.807, 2.05) is 12.3 Å². The average molecular weight is 353 g/mol. The second-order valence-electron chi connectivity index (χ2n) is 5.11. The molecule has 0 unspecified atom stereocenters. The molecule has 20 heavy (non-hydrogen) atoms. The molecule has 106 valence electrons. The van der Waals surface area contributed by atoms with E-state index in [1.54, 1.807) is 0 Å². The molecular formula is C15H17BrN2OS. The highest BCUT2D eigenvalue weighted by Crippen LogP contribution is 2.25. The molecule has 1 N–H and O–H groups in total. The second-order valence-corrected chi connectivity index (χ2v) is 7.66. The zero-order valence-corrected chi connectivity index (χ0v) is 13.5. The lowest BCUT2D eigenvalue weighted by Crippen LogP contribution is -2.35. The summed E-state index contributed by atoms with van der Waals surface area (Å²) in [6.07, 6.45) is 3.85. The van der Waals surface area contributed by atoms with Crippen molar-refractivity contribution in [3.63, 3.8) is 0 Å². The summed E-state index contributed by atoms with van der Waals surface area (Å²) in [6.45, 7) is 0.818. The summed E-state index contributed by atoms with van der Waals surface area (Å²) in [6, 6.07) is 8.72. The highest BCUT2D eigenvalue weighted by molar-refractivity contribution is 9.10. The van der Waals surface area contributed by atoms with E-state index in [0.717, 1.165) is 46.3 Å². The number of pyridine rings is 1. The van der Waals surface area contributed by atoms with Crippen LogP contribution in [0.15, 0.2) is 34.9 Å². The van der Waals surface area contributed by atoms with Crippen molar-refractivity contribution in [3.05, 3.63) is 40.5 Å². The van der Waals surface area contributed by atoms with Gasteiger partial charge >= 0.3 is 0 Å². The van der Waals surface area contributed by atoms with Gasteiger partial charge in [-0.25, -0.2) is 0 Å². The van der Waals surface area contributed by atoms with Gasteiger partial charge in [0.05, 0.1) is 5.52 Å². The standard InChI is InChI=1S/C15H17BrN2OS/c16-14-4-3-11(15-13(14)2-1-7-17-15)10-18-12-5-8-20(19)9-6-12/h1-4,7,12,18H,5-6,8-10H2. The van der Waals surface area contributed by atoms with Crippen LogP contribution in [0, 0.1) is 0 Å². The highest BCUT2D eigenvalue weighted by Gasteiger charge is 2.17. The molecule has 0 atom stereocenters. The van der Waals surface area contributed by atoms with Gasteiger partial charge in [-0.3, -0.25) is 9.19 Å². The minimum Gasteiger partial charge on any atom is -0.310 e. The number of nitrogens with one attached hydrogen (secondary N) is 1. The molecule has 2 aromatic rings. The Bertz CT molecular complexity index is 637. The van der Waals surface area contributed by atoms with Gasteiger partial charge in [0.25, 0.3) is 0 Å². The third-order valence-corrected chi connectivity index (χ3v) is 5.84. The number of fused-ring (bicyclic) bond motifs is 1. The van der Waals surface area contributed by atoms with Crippen LogP contribution in [-0.2, 0) is 17.3 Å². The van der Waals surface area contributed by atoms with Gasteiger partial charge in [-0.2, -0.15) is 0 Å². The molecule has 0 amide bonds. The second kappa shape index (κ2) is 6.33. The van der Waals surface area contributed by atoms with Crippen molar-refractivity contribution in [1.29, 1.82) is 0 Å². The van der Waals surface area contributed by atoms with Gasteiger partial charge in [-0.1, -0.05) is 28.1 Å². The van der Waals surface area contributed by atoms with E-state index >= 15 is 0 Å². The van der Waals surface area contributed by atoms with Crippen LogP contribution in [-0.4, -0.2) is 26.7 Å². The fourth-order valence-corrected chi connectivity index (χ4v) is 4.34. The van der Waals surface area contributed by atoms with Crippen LogP contribution in [0.2, 0.25) is 0 Å². The highest BCUT2D eigenvalue weighted by atomic mass is 79.9. The first kappa shape index (κ1) is 14.2. The number of rotatable bonds is 3. The Kier molecular flexibility index (Phi) is 4.48. The maximum Gasteiger partial charge on any atom is 0.0758 e. The third kappa shape index (κ3) is 3.10. The zero-order valence-electron chi connectivity index (χ0n) is 11.1. The van der Waals surface area contributed by atoms with Gasteiger partial charge in [0.1, 0.15) is 0 Å². The van der Waals surface area contributed by atoms with Crippen LogP contribution in [0.4, 0.5) is 0 Å². The summed E-state index contributed by atoms with van der Waals surface area (Å²) in [5, 5.41) is 4.73. The molecule has 1 aliphatic rings. The predicted octanol–water partition coefficient (Wildman–Crippen LogP) is 3.00. The Morgan fingerprint density at radius 3 is 2.90 bits per heavy atom. The smallest absolute Gasteiger partial charge is 0.0758 e. The summed E-state index contributed by atoms with van der Waals surface area (Å²) in [7, 11) is -0.593. The van der Waals surface area contributed by atoms with Crippen LogP contribution in [0.5, 0.6) is 0 Å². The molecule has 1 saturated heterocycles. The molecule has 0 spiro atoms. The Morgan fingerprint density at radius 2 is 2.10 bits per heavy atom. The van der Waals surface area contributed by atoms with Gasteiger partial charge in [-0.05, 0) is 30.5 Å². The van der Waals surface area contributed by atoms with Gasteiger partial charge in [0.15, 0.2) is 0 Å². The number of hydrogen-bond donors (Lipinski definition) is 1. The first-order valence-electron chi connectivity index (χ1n) is 6.84. The van der Waals surface area contributed by atoms with Crippen LogP contribution >= 0.6 is 15.9 Å². The Labute approximate surface area is 129 Å². The summed E-state index contributed by atoms with van der Waals surface area (Å²) in [5.74, 6) is 1.66. The molecule has 0 saturated carbocycles. The Hall–Kier alpha value is -0.780. The van der Waals surface area contributed by atoms with E-state index in [9.17, 15) is 4.21 Å². The molecule has 2 heterocycles. The van der Waals surface area contributed by atoms with Gasteiger partial charge < -0.3 is 5.32 Å². The van der Waals surface area contributed by atoms with Crippen molar-refractivity contribution < 1.29 is 4.21 Å². The van der Waals surface area contributed by atoms with Gasteiger partial charge in [0, 0.05) is 50.9 Å². The molecule has 0 aliphatic carbocycles. The normalized spacial score (nSPS) is 23.1. The van der Waals surface area contributed by atoms with Crippen molar-refractivity contribution in [2.24, 2.45) is 0 Å². The van der Waals surface area contributed by atoms with E-state index < -0.39 is 10.8 Å². The maximum atomic E-state index is 11.4. The van der Waals surface area contributed by atoms with Crippen molar-refractivity contribution in [1.82, 2.24) is 10.3 Å². The summed E-state index contributed by atoms with van der Waals surface area (Å²) >= 11 is 3.57. The number of benzene rings is 1. The van der Waals surface area contributed by atoms with Gasteiger partial charge in [0.2, 0.25) is 0 Å². The van der Waals surface area contributed by atoms with Crippen LogP contribution in [0.25, 0.3) is 10.9 Å². The molecular weight excluding hydrogens is 336 g/mol. The third-order valence-electron chi connectivity index (χ3n) is 3.77. The molecule has 1 aromatic heterocycles. The monoisotopic (exact) mass is 352 g/mol. The lowest BCUT2D eigenvalue weighted by molar-refractivity contribution is 0.476. The van der Waals surface area contributed by atoms with Crippen molar-refractivity contribution in [2.45, 2.75) is 25.4 Å². The van der Waals surface area contributed by atoms with Crippen molar-refractivity contribution >= 4 is 37.6 Å². The molecule has 0 radical (unpaired) electrons. The Morgan fingerprint density at radius 1 is 1.30 bits per heavy atom. The quantitative estimate of drug-likeness (QED) is 0.923. The van der Waals surface area contributed by atoms with E-state index in [0.29, 0.717) is 6.04 Å². The number of aromatic nitrogens is 1. The minimum atomic E-state index is -0.593. The largest absolute Gasteiger partial charge is 0.310 e. The molecule has 3 rings (SSSR count). The fourth-order valence-electron chi connectivity index (χ4n) is 2.59. The van der Waals surface area contributed by atoms with Crippen LogP contribution in [0.1, 0.15) is 18.4 Å². The Balaban J connectivity index is 1.75. The van der Waals surface area contributed by atoms with E-state index in [2.05, 4.69) is 44.4 Å². The number of nitrogens with zero attached hydrogens (tertiary/aromatic N) is 1. The zero-order chi connectivity index (χ0) is 13.9. The summed E-state index contributed by atoms with van der Waals surface area (Å²) in [4.78, 5) is 4.50. The van der Waals surface area contributed by atoms with E-state index in [-0.39, 0.29) is 0 Å². The maximum absolute atomic E-state index is 11.4. The number of halogens is 1. The summed E-state index contributed by atoms with van der Waals surface area (Å²) < 4.78 is 12.4. The van der Waals surface area contributed by atoms with Crippen LogP contribution < -0.4 is 5.32 Å². The lowest BCUT2D eigenvalue weighted by atomic mass is 10.1.